The first-order valence-electron chi connectivity index (χ1n) is 7.92. The summed E-state index contributed by atoms with van der Waals surface area (Å²) in [6, 6.07) is 0. The summed E-state index contributed by atoms with van der Waals surface area (Å²) in [5.74, 6) is 2.99. The van der Waals surface area contributed by atoms with Gasteiger partial charge in [0.2, 0.25) is 0 Å². The molecule has 4 nitrogen and oxygen atoms in total. The van der Waals surface area contributed by atoms with Crippen LogP contribution in [0.15, 0.2) is 4.99 Å². The SMILES string of the molecule is CN=C(NCCCCN1CCC(C)CC1)NCCSC.I. The highest BCUT2D eigenvalue weighted by atomic mass is 127. The van der Waals surface area contributed by atoms with Crippen molar-refractivity contribution in [1.82, 2.24) is 15.5 Å². The summed E-state index contributed by atoms with van der Waals surface area (Å²) in [6.45, 7) is 8.22. The summed E-state index contributed by atoms with van der Waals surface area (Å²) in [5.41, 5.74) is 0. The zero-order valence-electron chi connectivity index (χ0n) is 13.9. The van der Waals surface area contributed by atoms with E-state index in [9.17, 15) is 0 Å². The Morgan fingerprint density at radius 3 is 2.48 bits per heavy atom. The van der Waals surface area contributed by atoms with E-state index in [0.717, 1.165) is 30.7 Å². The van der Waals surface area contributed by atoms with Crippen molar-refractivity contribution in [1.29, 1.82) is 0 Å². The molecule has 0 radical (unpaired) electrons. The van der Waals surface area contributed by atoms with Gasteiger partial charge in [-0.15, -0.1) is 24.0 Å². The second-order valence-electron chi connectivity index (χ2n) is 5.65. The van der Waals surface area contributed by atoms with E-state index in [2.05, 4.69) is 33.7 Å². The predicted octanol–water partition coefficient (Wildman–Crippen LogP) is 2.64. The van der Waals surface area contributed by atoms with Gasteiger partial charge in [-0.3, -0.25) is 4.99 Å². The maximum atomic E-state index is 4.23. The summed E-state index contributed by atoms with van der Waals surface area (Å²) in [6.07, 6.45) is 7.38. The van der Waals surface area contributed by atoms with Crippen LogP contribution in [-0.2, 0) is 0 Å². The van der Waals surface area contributed by atoms with Gasteiger partial charge in [0, 0.05) is 25.9 Å². The summed E-state index contributed by atoms with van der Waals surface area (Å²) in [7, 11) is 1.84. The number of hydrogen-bond acceptors (Lipinski definition) is 3. The molecular formula is C15H33IN4S. The van der Waals surface area contributed by atoms with Gasteiger partial charge >= 0.3 is 0 Å². The molecule has 1 rings (SSSR count). The molecule has 0 spiro atoms. The largest absolute Gasteiger partial charge is 0.356 e. The Bertz CT molecular complexity index is 268. The molecule has 0 aromatic rings. The van der Waals surface area contributed by atoms with Crippen LogP contribution in [0.3, 0.4) is 0 Å². The second kappa shape index (κ2) is 13.9. The molecule has 21 heavy (non-hydrogen) atoms. The number of nitrogens with zero attached hydrogens (tertiary/aromatic N) is 2. The van der Waals surface area contributed by atoms with E-state index in [1.807, 2.05) is 18.8 Å². The lowest BCUT2D eigenvalue weighted by atomic mass is 9.99. The molecule has 0 atom stereocenters. The Hall–Kier alpha value is 0.310. The van der Waals surface area contributed by atoms with Crippen LogP contribution in [0.2, 0.25) is 0 Å². The molecule has 0 amide bonds. The van der Waals surface area contributed by atoms with Crippen LogP contribution in [0.4, 0.5) is 0 Å². The van der Waals surface area contributed by atoms with E-state index < -0.39 is 0 Å². The standard InChI is InChI=1S/C15H32N4S.HI/c1-14-6-11-19(12-7-14)10-5-4-8-17-15(16-2)18-9-13-20-3;/h14H,4-13H2,1-3H3,(H2,16,17,18);1H. The number of guanidine groups is 1. The predicted molar refractivity (Wildman–Crippen MR) is 107 cm³/mol. The summed E-state index contributed by atoms with van der Waals surface area (Å²) >= 11 is 1.85. The highest BCUT2D eigenvalue weighted by Gasteiger charge is 2.14. The number of halogens is 1. The average molecular weight is 428 g/mol. The van der Waals surface area contributed by atoms with Gasteiger partial charge in [0.05, 0.1) is 0 Å². The van der Waals surface area contributed by atoms with Crippen LogP contribution in [0.1, 0.15) is 32.6 Å². The number of piperidine rings is 1. The Balaban J connectivity index is 0.00000400. The Morgan fingerprint density at radius 1 is 1.19 bits per heavy atom. The molecule has 2 N–H and O–H groups in total. The van der Waals surface area contributed by atoms with Crippen molar-refractivity contribution in [3.05, 3.63) is 0 Å². The van der Waals surface area contributed by atoms with Crippen molar-refractivity contribution in [2.45, 2.75) is 32.6 Å². The van der Waals surface area contributed by atoms with Gasteiger partial charge in [0.25, 0.3) is 0 Å². The number of aliphatic imine (C=N–C) groups is 1. The maximum Gasteiger partial charge on any atom is 0.191 e. The minimum atomic E-state index is 0. The van der Waals surface area contributed by atoms with Crippen LogP contribution in [-0.4, -0.2) is 62.6 Å². The summed E-state index contributed by atoms with van der Waals surface area (Å²) in [5, 5.41) is 6.71. The topological polar surface area (TPSA) is 39.7 Å². The van der Waals surface area contributed by atoms with Gasteiger partial charge in [-0.05, 0) is 57.5 Å². The summed E-state index contributed by atoms with van der Waals surface area (Å²) in [4.78, 5) is 6.85. The van der Waals surface area contributed by atoms with Gasteiger partial charge in [0.1, 0.15) is 0 Å². The smallest absolute Gasteiger partial charge is 0.191 e. The van der Waals surface area contributed by atoms with Crippen molar-refractivity contribution >= 4 is 41.7 Å². The van der Waals surface area contributed by atoms with Gasteiger partial charge in [-0.25, -0.2) is 0 Å². The number of thioether (sulfide) groups is 1. The molecule has 0 unspecified atom stereocenters. The van der Waals surface area contributed by atoms with Crippen molar-refractivity contribution in [2.24, 2.45) is 10.9 Å². The lowest BCUT2D eigenvalue weighted by Crippen LogP contribution is -2.39. The second-order valence-corrected chi connectivity index (χ2v) is 6.64. The minimum Gasteiger partial charge on any atom is -0.356 e. The Labute approximate surface area is 152 Å². The first-order valence-corrected chi connectivity index (χ1v) is 9.31. The van der Waals surface area contributed by atoms with E-state index in [1.54, 1.807) is 0 Å². The first-order chi connectivity index (χ1) is 9.76. The van der Waals surface area contributed by atoms with E-state index in [-0.39, 0.29) is 24.0 Å². The fourth-order valence-corrected chi connectivity index (χ4v) is 2.75. The molecular weight excluding hydrogens is 395 g/mol. The molecule has 1 fully saturated rings. The molecule has 1 saturated heterocycles. The average Bonchev–Trinajstić information content (AvgIpc) is 2.47. The van der Waals surface area contributed by atoms with Crippen LogP contribution in [0.25, 0.3) is 0 Å². The normalized spacial score (nSPS) is 17.4. The number of likely N-dealkylation sites (tertiary alicyclic amines) is 1. The zero-order valence-corrected chi connectivity index (χ0v) is 17.0. The number of nitrogens with one attached hydrogen (secondary N) is 2. The van der Waals surface area contributed by atoms with E-state index in [1.165, 1.54) is 45.3 Å². The molecule has 0 bridgehead atoms. The molecule has 0 aromatic carbocycles. The lowest BCUT2D eigenvalue weighted by Gasteiger charge is -2.30. The maximum absolute atomic E-state index is 4.23. The Kier molecular flexibility index (Phi) is 14.1. The van der Waals surface area contributed by atoms with E-state index in [4.69, 9.17) is 0 Å². The van der Waals surface area contributed by atoms with Crippen molar-refractivity contribution in [2.75, 3.05) is 51.8 Å². The highest BCUT2D eigenvalue weighted by Crippen LogP contribution is 2.15. The van der Waals surface area contributed by atoms with Gasteiger partial charge in [0.15, 0.2) is 5.96 Å². The summed E-state index contributed by atoms with van der Waals surface area (Å²) < 4.78 is 0. The van der Waals surface area contributed by atoms with Gasteiger partial charge in [-0.2, -0.15) is 11.8 Å². The van der Waals surface area contributed by atoms with Crippen LogP contribution >= 0.6 is 35.7 Å². The van der Waals surface area contributed by atoms with Crippen molar-refractivity contribution in [3.63, 3.8) is 0 Å². The minimum absolute atomic E-state index is 0. The fraction of sp³-hybridized carbons (Fsp3) is 0.933. The van der Waals surface area contributed by atoms with Crippen LogP contribution < -0.4 is 10.6 Å². The van der Waals surface area contributed by atoms with Crippen LogP contribution in [0.5, 0.6) is 0 Å². The van der Waals surface area contributed by atoms with Gasteiger partial charge < -0.3 is 15.5 Å². The monoisotopic (exact) mass is 428 g/mol. The zero-order chi connectivity index (χ0) is 14.6. The third kappa shape index (κ3) is 10.6. The van der Waals surface area contributed by atoms with Crippen LogP contribution in [0, 0.1) is 5.92 Å². The molecule has 6 heteroatoms. The number of unbranched alkanes of at least 4 members (excludes halogenated alkanes) is 1. The Morgan fingerprint density at radius 2 is 1.86 bits per heavy atom. The third-order valence-electron chi connectivity index (χ3n) is 3.89. The van der Waals surface area contributed by atoms with Gasteiger partial charge in [-0.1, -0.05) is 6.92 Å². The third-order valence-corrected chi connectivity index (χ3v) is 4.50. The lowest BCUT2D eigenvalue weighted by molar-refractivity contribution is 0.189. The molecule has 1 heterocycles. The molecule has 0 aliphatic carbocycles. The molecule has 1 aliphatic rings. The van der Waals surface area contributed by atoms with E-state index >= 15 is 0 Å². The molecule has 0 aromatic heterocycles. The number of hydrogen-bond donors (Lipinski definition) is 2. The quantitative estimate of drug-likeness (QED) is 0.270. The first kappa shape index (κ1) is 21.3. The number of rotatable bonds is 8. The van der Waals surface area contributed by atoms with E-state index in [0.29, 0.717) is 0 Å². The molecule has 126 valence electrons. The molecule has 1 aliphatic heterocycles. The van der Waals surface area contributed by atoms with Crippen molar-refractivity contribution in [3.8, 4) is 0 Å². The molecule has 0 saturated carbocycles. The van der Waals surface area contributed by atoms with Crippen molar-refractivity contribution < 1.29 is 0 Å². The fourth-order valence-electron chi connectivity index (χ4n) is 2.44. The highest BCUT2D eigenvalue weighted by molar-refractivity contribution is 14.0.